The number of hydrogen-bond donors (Lipinski definition) is 0. The van der Waals surface area contributed by atoms with Gasteiger partial charge in [-0.25, -0.2) is 9.66 Å². The third-order valence-electron chi connectivity index (χ3n) is 4.04. The summed E-state index contributed by atoms with van der Waals surface area (Å²) in [6, 6.07) is 3.81. The van der Waals surface area contributed by atoms with Crippen molar-refractivity contribution in [3.63, 3.8) is 0 Å². The Kier molecular flexibility index (Phi) is 2.57. The molecule has 5 heteroatoms. The molecule has 3 aromatic rings. The maximum absolute atomic E-state index is 12.8. The van der Waals surface area contributed by atoms with Crippen LogP contribution in [0.4, 0.5) is 0 Å². The van der Waals surface area contributed by atoms with Crippen LogP contribution < -0.4 is 5.56 Å². The third-order valence-corrected chi connectivity index (χ3v) is 5.20. The predicted octanol–water partition coefficient (Wildman–Crippen LogP) is 2.70. The summed E-state index contributed by atoms with van der Waals surface area (Å²) in [5.74, 6) is 0.710. The average Bonchev–Trinajstić information content (AvgIpc) is 3.05. The van der Waals surface area contributed by atoms with Gasteiger partial charge in [-0.1, -0.05) is 6.92 Å². The van der Waals surface area contributed by atoms with Gasteiger partial charge in [-0.05, 0) is 42.9 Å². The molecule has 0 radical (unpaired) electrons. The van der Waals surface area contributed by atoms with E-state index in [1.54, 1.807) is 27.0 Å². The quantitative estimate of drug-likeness (QED) is 0.689. The van der Waals surface area contributed by atoms with Crippen molar-refractivity contribution in [2.45, 2.75) is 26.2 Å². The molecule has 102 valence electrons. The maximum Gasteiger partial charge on any atom is 0.281 e. The Morgan fingerprint density at radius 1 is 1.35 bits per heavy atom. The number of rotatable bonds is 1. The fourth-order valence-electron chi connectivity index (χ4n) is 2.96. The molecule has 1 atom stereocenters. The van der Waals surface area contributed by atoms with E-state index in [4.69, 9.17) is 0 Å². The molecule has 0 fully saturated rings. The van der Waals surface area contributed by atoms with E-state index in [2.05, 4.69) is 11.9 Å². The van der Waals surface area contributed by atoms with Gasteiger partial charge < -0.3 is 0 Å². The van der Waals surface area contributed by atoms with Gasteiger partial charge >= 0.3 is 0 Å². The number of aryl methyl sites for hydroxylation is 1. The molecule has 0 amide bonds. The van der Waals surface area contributed by atoms with Crippen molar-refractivity contribution >= 4 is 21.6 Å². The van der Waals surface area contributed by atoms with E-state index < -0.39 is 0 Å². The first-order valence-corrected chi connectivity index (χ1v) is 7.71. The number of thiophene rings is 1. The van der Waals surface area contributed by atoms with E-state index in [0.29, 0.717) is 5.92 Å². The first-order chi connectivity index (χ1) is 9.74. The zero-order valence-electron chi connectivity index (χ0n) is 11.2. The lowest BCUT2D eigenvalue weighted by molar-refractivity contribution is 0.509. The first-order valence-electron chi connectivity index (χ1n) is 6.89. The minimum absolute atomic E-state index is 0.0400. The minimum Gasteiger partial charge on any atom is -0.267 e. The second-order valence-corrected chi connectivity index (χ2v) is 6.57. The molecule has 0 aromatic carbocycles. The molecule has 3 heterocycles. The fraction of sp³-hybridized carbons (Fsp3) is 0.333. The van der Waals surface area contributed by atoms with E-state index in [9.17, 15) is 4.79 Å². The monoisotopic (exact) mass is 285 g/mol. The molecule has 3 aromatic heterocycles. The van der Waals surface area contributed by atoms with Gasteiger partial charge in [-0.3, -0.25) is 9.47 Å². The lowest BCUT2D eigenvalue weighted by atomic mass is 9.89. The normalized spacial score (nSPS) is 18.4. The van der Waals surface area contributed by atoms with Gasteiger partial charge in [0.25, 0.3) is 5.56 Å². The maximum atomic E-state index is 12.8. The highest BCUT2D eigenvalue weighted by molar-refractivity contribution is 7.18. The van der Waals surface area contributed by atoms with Crippen molar-refractivity contribution in [1.82, 2.24) is 14.3 Å². The fourth-order valence-corrected chi connectivity index (χ4v) is 4.30. The Bertz CT molecular complexity index is 829. The predicted molar refractivity (Wildman–Crippen MR) is 80.3 cm³/mol. The molecule has 1 aliphatic carbocycles. The van der Waals surface area contributed by atoms with Gasteiger partial charge in [-0.2, -0.15) is 0 Å². The summed E-state index contributed by atoms with van der Waals surface area (Å²) in [6.45, 7) is 2.28. The Hall–Kier alpha value is -1.88. The van der Waals surface area contributed by atoms with Crippen molar-refractivity contribution in [2.75, 3.05) is 0 Å². The summed E-state index contributed by atoms with van der Waals surface area (Å²) in [7, 11) is 0. The Labute approximate surface area is 120 Å². The summed E-state index contributed by atoms with van der Waals surface area (Å²) in [6.07, 6.45) is 8.58. The van der Waals surface area contributed by atoms with E-state index in [0.717, 1.165) is 29.5 Å². The largest absolute Gasteiger partial charge is 0.281 e. The SMILES string of the molecule is C[C@H]1CCc2c(sc3ncn(-n4cccc4)c(=O)c23)C1. The van der Waals surface area contributed by atoms with Crippen LogP contribution in [-0.4, -0.2) is 14.3 Å². The lowest BCUT2D eigenvalue weighted by Crippen LogP contribution is -2.25. The topological polar surface area (TPSA) is 39.8 Å². The number of aromatic nitrogens is 3. The van der Waals surface area contributed by atoms with Crippen LogP contribution >= 0.6 is 11.3 Å². The standard InChI is InChI=1S/C15H15N3OS/c1-10-4-5-11-12(8-10)20-14-13(11)15(19)18(9-16-14)17-6-2-3-7-17/h2-3,6-7,9-10H,4-5,8H2,1H3/t10-/m0/s1. The minimum atomic E-state index is 0.0400. The van der Waals surface area contributed by atoms with Crippen molar-refractivity contribution in [2.24, 2.45) is 5.92 Å². The van der Waals surface area contributed by atoms with Crippen molar-refractivity contribution in [3.05, 3.63) is 51.6 Å². The van der Waals surface area contributed by atoms with Gasteiger partial charge in [0.15, 0.2) is 0 Å². The lowest BCUT2D eigenvalue weighted by Gasteiger charge is -2.17. The Morgan fingerprint density at radius 2 is 2.15 bits per heavy atom. The van der Waals surface area contributed by atoms with E-state index in [1.165, 1.54) is 10.4 Å². The van der Waals surface area contributed by atoms with Crippen LogP contribution in [0.25, 0.3) is 10.2 Å². The molecule has 0 N–H and O–H groups in total. The summed E-state index contributed by atoms with van der Waals surface area (Å²) < 4.78 is 3.34. The van der Waals surface area contributed by atoms with Gasteiger partial charge in [0.05, 0.1) is 5.39 Å². The molecular formula is C15H15N3OS. The van der Waals surface area contributed by atoms with Crippen LogP contribution in [-0.2, 0) is 12.8 Å². The summed E-state index contributed by atoms with van der Waals surface area (Å²) in [5.41, 5.74) is 1.28. The molecule has 0 bridgehead atoms. The van der Waals surface area contributed by atoms with Gasteiger partial charge in [0.2, 0.25) is 0 Å². The number of nitrogens with zero attached hydrogens (tertiary/aromatic N) is 3. The highest BCUT2D eigenvalue weighted by Gasteiger charge is 2.23. The average molecular weight is 285 g/mol. The Balaban J connectivity index is 2.00. The highest BCUT2D eigenvalue weighted by Crippen LogP contribution is 2.35. The smallest absolute Gasteiger partial charge is 0.267 e. The Morgan fingerprint density at radius 3 is 2.95 bits per heavy atom. The van der Waals surface area contributed by atoms with Crippen LogP contribution in [0.5, 0.6) is 0 Å². The molecule has 0 spiro atoms. The molecular weight excluding hydrogens is 270 g/mol. The van der Waals surface area contributed by atoms with Crippen LogP contribution in [0.15, 0.2) is 35.6 Å². The van der Waals surface area contributed by atoms with Crippen molar-refractivity contribution in [3.8, 4) is 0 Å². The number of hydrogen-bond acceptors (Lipinski definition) is 3. The molecule has 4 rings (SSSR count). The van der Waals surface area contributed by atoms with Crippen LogP contribution in [0.1, 0.15) is 23.8 Å². The summed E-state index contributed by atoms with van der Waals surface area (Å²) in [5, 5.41) is 0.827. The van der Waals surface area contributed by atoms with Gasteiger partial charge in [0, 0.05) is 17.3 Å². The molecule has 0 saturated heterocycles. The molecule has 1 aliphatic rings. The van der Waals surface area contributed by atoms with E-state index in [-0.39, 0.29) is 5.56 Å². The van der Waals surface area contributed by atoms with E-state index >= 15 is 0 Å². The molecule has 4 nitrogen and oxygen atoms in total. The molecule has 0 unspecified atom stereocenters. The first kappa shape index (κ1) is 11.9. The molecule has 20 heavy (non-hydrogen) atoms. The highest BCUT2D eigenvalue weighted by atomic mass is 32.1. The van der Waals surface area contributed by atoms with Crippen molar-refractivity contribution < 1.29 is 0 Å². The second-order valence-electron chi connectivity index (χ2n) is 5.49. The van der Waals surface area contributed by atoms with Gasteiger partial charge in [-0.15, -0.1) is 11.3 Å². The summed E-state index contributed by atoms with van der Waals surface area (Å²) >= 11 is 1.69. The third kappa shape index (κ3) is 1.66. The van der Waals surface area contributed by atoms with Crippen LogP contribution in [0.3, 0.4) is 0 Å². The summed E-state index contributed by atoms with van der Waals surface area (Å²) in [4.78, 5) is 19.5. The second kappa shape index (κ2) is 4.31. The van der Waals surface area contributed by atoms with Gasteiger partial charge in [0.1, 0.15) is 11.2 Å². The zero-order chi connectivity index (χ0) is 13.7. The van der Waals surface area contributed by atoms with Crippen molar-refractivity contribution in [1.29, 1.82) is 0 Å². The van der Waals surface area contributed by atoms with E-state index in [1.807, 2.05) is 24.5 Å². The molecule has 0 aliphatic heterocycles. The molecule has 0 saturated carbocycles. The van der Waals surface area contributed by atoms with Crippen LogP contribution in [0.2, 0.25) is 0 Å². The number of fused-ring (bicyclic) bond motifs is 3. The zero-order valence-corrected chi connectivity index (χ0v) is 12.1. The van der Waals surface area contributed by atoms with Crippen LogP contribution in [0, 0.1) is 5.92 Å².